The van der Waals surface area contributed by atoms with Gasteiger partial charge >= 0.3 is 35.8 Å². The maximum atomic E-state index is 15.0. The number of phenolic OH excluding ortho intramolecular Hbond substituents is 1. The van der Waals surface area contributed by atoms with Crippen LogP contribution in [0.4, 0.5) is 0 Å². The molecule has 14 amide bonds. The first-order valence-corrected chi connectivity index (χ1v) is 52.3. The number of phenols is 1. The number of carboxylic acids is 6. The van der Waals surface area contributed by atoms with Crippen molar-refractivity contribution in [3.05, 3.63) is 72.3 Å². The highest BCUT2D eigenvalue weighted by Crippen LogP contribution is 2.31. The Labute approximate surface area is 852 Å². The molecule has 23 N–H and O–H groups in total. The number of hydrogen-bond donors (Lipinski definition) is 22. The zero-order valence-corrected chi connectivity index (χ0v) is 84.4. The molecule has 0 spiro atoms. The van der Waals surface area contributed by atoms with Gasteiger partial charge < -0.3 is 120 Å². The van der Waals surface area contributed by atoms with Gasteiger partial charge in [0.25, 0.3) is 0 Å². The van der Waals surface area contributed by atoms with Crippen LogP contribution in [0, 0.1) is 17.2 Å². The van der Waals surface area contributed by atoms with Gasteiger partial charge in [0.15, 0.2) is 5.96 Å². The molecular formula is C99H146N18O29S. The summed E-state index contributed by atoms with van der Waals surface area (Å²) in [5, 5.41) is 108. The van der Waals surface area contributed by atoms with Crippen molar-refractivity contribution in [2.75, 3.05) is 39.3 Å². The van der Waals surface area contributed by atoms with Crippen molar-refractivity contribution in [2.45, 2.75) is 348 Å². The number of benzene rings is 3. The largest absolute Gasteiger partial charge is 0.508 e. The van der Waals surface area contributed by atoms with Crippen LogP contribution in [0.2, 0.25) is 0 Å². The van der Waals surface area contributed by atoms with E-state index in [1.807, 2.05) is 12.1 Å². The number of nitrogens with zero attached hydrogens (tertiary/aromatic N) is 3. The fourth-order valence-corrected chi connectivity index (χ4v) is 19.6. The Morgan fingerprint density at radius 3 is 1.46 bits per heavy atom. The summed E-state index contributed by atoms with van der Waals surface area (Å²) in [5.41, 5.74) is 5.76. The quantitative estimate of drug-likeness (QED) is 0.0219. The third kappa shape index (κ3) is 41.3. The first-order valence-electron chi connectivity index (χ1n) is 50.8. The van der Waals surface area contributed by atoms with Crippen molar-refractivity contribution in [3.63, 3.8) is 0 Å². The molecule has 0 bridgehead atoms. The fourth-order valence-electron chi connectivity index (χ4n) is 18.4. The first-order chi connectivity index (χ1) is 69.9. The van der Waals surface area contributed by atoms with Gasteiger partial charge in [-0.2, -0.15) is 4.72 Å². The van der Waals surface area contributed by atoms with Crippen LogP contribution in [0.5, 0.6) is 5.75 Å². The van der Waals surface area contributed by atoms with Crippen LogP contribution in [0.3, 0.4) is 0 Å². The molecule has 3 aliphatic heterocycles. The minimum Gasteiger partial charge on any atom is -0.508 e. The minimum atomic E-state index is -4.19. The molecule has 1 aliphatic carbocycles. The SMILES string of the molecule is CC[C@H](C)[C@H](NC(=O)[C@@H]1CCCN1C(=O)[C@H](CCC(=O)O)NC(=O)[C@H](Cc1ccc(O)cc1)NC(=O)[C@H](CC(=O)O)NC(=O)CCCNC(=O)CCCCCCCCCCCNC(=O)[C@H]1CCCCN1C(=O)[C@H](CCCNC(=N)N)NS(=O)(=O)c1ccc2ccccc2c1)C(=O)N1CCC[C@H]1C(=O)N[C@@H](CCC(=O)O)C(=O)N[C@@H](CCC(=O)O)C(=O)N[C@@H](C)C(=O)N[C@@H](CC1CCCCC1)C(=O)N[C@H](CCC(=O)O)C(=O)O. The topological polar surface area (TPSA) is 733 Å². The number of rotatable bonds is 65. The second kappa shape index (κ2) is 61.7. The standard InChI is InChI=1S/C99H146N18O29S/c1-4-59(2)85(97(142)117-54-24-31-76(117)93(138)108-68(42-46-81(123)124)88(133)107-67(41-45-80(121)122)87(132)105-60(3)86(131)111-72(55-61-25-13-12-14-26-61)90(135)110-71(98(143)144)44-48-83(127)128)113-94(139)77-32-23-53-116(77)95(140)69(43-47-82(125)126)109-89(134)73(56-62-35-38-65(118)39-36-62)112-91(136)74(58-84(129)130)106-79(120)34-22-50-102-78(119)33-15-10-8-6-5-7-9-11-19-49-103-92(137)75-30-18-20-52-115(75)96(141)70(29-21-51-104-99(100)101)114-147(145,146)66-40-37-63-27-16-17-28-64(63)57-66/h16-17,27-28,35-40,57,59-61,67-77,85,114,118H,4-15,18-26,29-34,41-56,58H2,1-3H3,(H,102,119)(H,103,137)(H,105,132)(H,106,120)(H,107,133)(H,108,138)(H,109,134)(H,110,135)(H,111,131)(H,112,136)(H,113,139)(H,121,122)(H,123,124)(H,125,126)(H,127,128)(H,129,130)(H,143,144)(H4,100,101,104)/t59-,60-,67-,68-,69-,70-,71+,72-,73-,74-,75+,76-,77-,85-/m0/s1. The van der Waals surface area contributed by atoms with Crippen LogP contribution in [0.25, 0.3) is 10.8 Å². The molecule has 3 saturated heterocycles. The molecule has 4 fully saturated rings. The summed E-state index contributed by atoms with van der Waals surface area (Å²) in [5.74, 6) is -22.2. The summed E-state index contributed by atoms with van der Waals surface area (Å²) in [6.45, 7) is 5.16. The normalized spacial score (nSPS) is 17.5. The number of aromatic hydroxyl groups is 1. The van der Waals surface area contributed by atoms with Gasteiger partial charge in [0.1, 0.15) is 84.3 Å². The Kier molecular flexibility index (Phi) is 50.4. The van der Waals surface area contributed by atoms with Gasteiger partial charge in [0.2, 0.25) is 92.7 Å². The number of sulfonamides is 1. The molecule has 1 saturated carbocycles. The van der Waals surface area contributed by atoms with Crippen molar-refractivity contribution in [1.82, 2.24) is 83.2 Å². The van der Waals surface area contributed by atoms with E-state index < -0.39 is 265 Å². The number of aliphatic carboxylic acids is 6. The van der Waals surface area contributed by atoms with E-state index in [0.29, 0.717) is 68.9 Å². The molecule has 4 aliphatic rings. The number of carboxylic acid groups (broad SMARTS) is 6. The van der Waals surface area contributed by atoms with Crippen molar-refractivity contribution in [3.8, 4) is 5.75 Å². The van der Waals surface area contributed by atoms with Crippen LogP contribution in [-0.4, -0.2) is 301 Å². The smallest absolute Gasteiger partial charge is 0.326 e. The van der Waals surface area contributed by atoms with E-state index in [2.05, 4.69) is 68.5 Å². The van der Waals surface area contributed by atoms with E-state index in [1.54, 1.807) is 32.0 Å². The van der Waals surface area contributed by atoms with Gasteiger partial charge in [-0.3, -0.25) is 96.5 Å². The number of hydrogen-bond acceptors (Lipinski definition) is 24. The molecule has 0 radical (unpaired) electrons. The van der Waals surface area contributed by atoms with Crippen molar-refractivity contribution in [2.24, 2.45) is 17.6 Å². The average Bonchev–Trinajstić information content (AvgIpc) is 1.63. The van der Waals surface area contributed by atoms with Crippen LogP contribution in [0.15, 0.2) is 71.6 Å². The van der Waals surface area contributed by atoms with Crippen LogP contribution >= 0.6 is 0 Å². The van der Waals surface area contributed by atoms with E-state index in [0.717, 1.165) is 79.4 Å². The van der Waals surface area contributed by atoms with Gasteiger partial charge in [-0.25, -0.2) is 13.2 Å². The lowest BCUT2D eigenvalue weighted by Crippen LogP contribution is -2.61. The number of carbonyl (C=O) groups is 20. The molecule has 7 rings (SSSR count). The summed E-state index contributed by atoms with van der Waals surface area (Å²) in [6.07, 6.45) is 7.28. The number of piperidine rings is 1. The predicted molar refractivity (Wildman–Crippen MR) is 530 cm³/mol. The molecule has 3 aromatic carbocycles. The molecule has 812 valence electrons. The maximum Gasteiger partial charge on any atom is 0.326 e. The lowest BCUT2D eigenvalue weighted by atomic mass is 9.84. The Bertz CT molecular complexity index is 5180. The number of carbonyl (C=O) groups excluding carboxylic acids is 14. The fraction of sp³-hybridized carbons (Fsp3) is 0.626. The third-order valence-corrected chi connectivity index (χ3v) is 28.2. The highest BCUT2D eigenvalue weighted by Gasteiger charge is 2.46. The van der Waals surface area contributed by atoms with Crippen LogP contribution in [-0.2, 0) is 112 Å². The third-order valence-electron chi connectivity index (χ3n) is 26.7. The van der Waals surface area contributed by atoms with E-state index in [1.165, 1.54) is 48.2 Å². The van der Waals surface area contributed by atoms with E-state index in [-0.39, 0.29) is 131 Å². The zero-order chi connectivity index (χ0) is 108. The molecular weight excluding hydrogens is 1940 g/mol. The number of likely N-dealkylation sites (tertiary alicyclic amines) is 3. The first kappa shape index (κ1) is 120. The highest BCUT2D eigenvalue weighted by atomic mass is 32.2. The lowest BCUT2D eigenvalue weighted by Gasteiger charge is -2.37. The van der Waals surface area contributed by atoms with Gasteiger partial charge in [-0.15, -0.1) is 0 Å². The molecule has 14 atom stereocenters. The Morgan fingerprint density at radius 2 is 0.864 bits per heavy atom. The van der Waals surface area contributed by atoms with Crippen molar-refractivity contribution in [1.29, 1.82) is 5.41 Å². The predicted octanol–water partition coefficient (Wildman–Crippen LogP) is 2.39. The molecule has 3 aromatic rings. The van der Waals surface area contributed by atoms with E-state index in [4.69, 9.17) is 11.1 Å². The molecule has 47 nitrogen and oxygen atoms in total. The van der Waals surface area contributed by atoms with Crippen molar-refractivity contribution >= 4 is 145 Å². The second-order valence-electron chi connectivity index (χ2n) is 38.1. The van der Waals surface area contributed by atoms with E-state index in [9.17, 15) is 140 Å². The molecule has 0 aromatic heterocycles. The average molecular weight is 2080 g/mol. The summed E-state index contributed by atoms with van der Waals surface area (Å²) in [6, 6.07) is -2.38. The van der Waals surface area contributed by atoms with Crippen molar-refractivity contribution < 1.29 is 140 Å². The zero-order valence-electron chi connectivity index (χ0n) is 83.6. The van der Waals surface area contributed by atoms with Gasteiger partial charge in [-0.05, 0) is 169 Å². The molecule has 0 unspecified atom stereocenters. The second-order valence-corrected chi connectivity index (χ2v) is 39.8. The number of nitrogens with two attached hydrogens (primary N) is 1. The summed E-state index contributed by atoms with van der Waals surface area (Å²) in [7, 11) is -4.19. The summed E-state index contributed by atoms with van der Waals surface area (Å²) >= 11 is 0. The number of unbranched alkanes of at least 4 members (excludes halogenated alkanes) is 8. The number of amides is 14. The highest BCUT2D eigenvalue weighted by molar-refractivity contribution is 7.89. The van der Waals surface area contributed by atoms with Crippen LogP contribution in [0.1, 0.15) is 264 Å². The lowest BCUT2D eigenvalue weighted by molar-refractivity contribution is -0.146. The number of nitrogens with one attached hydrogen (secondary N) is 14. The Hall–Kier alpha value is -13.7. The molecule has 3 heterocycles. The maximum absolute atomic E-state index is 15.0. The summed E-state index contributed by atoms with van der Waals surface area (Å²) < 4.78 is 30.2. The van der Waals surface area contributed by atoms with Gasteiger partial charge in [0, 0.05) is 84.2 Å². The van der Waals surface area contributed by atoms with E-state index >= 15 is 0 Å². The Morgan fingerprint density at radius 1 is 0.401 bits per heavy atom. The monoisotopic (exact) mass is 2080 g/mol. The minimum absolute atomic E-state index is 0.0109. The number of guanidine groups is 1. The number of fused-ring (bicyclic) bond motifs is 1. The molecule has 48 heteroatoms. The van der Waals surface area contributed by atoms with Gasteiger partial charge in [0.05, 0.1) is 11.3 Å². The van der Waals surface area contributed by atoms with Crippen LogP contribution < -0.4 is 74.3 Å². The molecule has 147 heavy (non-hydrogen) atoms. The summed E-state index contributed by atoms with van der Waals surface area (Å²) in [4.78, 5) is 274. The Balaban J connectivity index is 0.883. The van der Waals surface area contributed by atoms with Gasteiger partial charge in [-0.1, -0.05) is 140 Å².